The van der Waals surface area contributed by atoms with E-state index in [1.54, 1.807) is 4.57 Å². The summed E-state index contributed by atoms with van der Waals surface area (Å²) in [4.78, 5) is 53.0. The van der Waals surface area contributed by atoms with Crippen LogP contribution in [0.1, 0.15) is 58.5 Å². The molecule has 50 heavy (non-hydrogen) atoms. The second kappa shape index (κ2) is 13.8. The molecule has 0 radical (unpaired) electrons. The quantitative estimate of drug-likeness (QED) is 0.170. The molecule has 7 rings (SSSR count). The van der Waals surface area contributed by atoms with Gasteiger partial charge in [-0.2, -0.15) is 0 Å². The Morgan fingerprint density at radius 3 is 2.58 bits per heavy atom. The number of carbonyl (C=O) groups excluding carboxylic acids is 2. The summed E-state index contributed by atoms with van der Waals surface area (Å²) in [5.41, 5.74) is 8.69. The first kappa shape index (κ1) is 34.2. The molecular formula is C34H47N11O5. The Kier molecular flexibility index (Phi) is 9.47. The minimum Gasteiger partial charge on any atom is -0.387 e. The van der Waals surface area contributed by atoms with Crippen LogP contribution in [0.2, 0.25) is 0 Å². The minimum absolute atomic E-state index is 0.0480. The number of aromatic amines is 1. The number of ether oxygens (including phenoxy) is 1. The van der Waals surface area contributed by atoms with Gasteiger partial charge in [-0.05, 0) is 43.9 Å². The summed E-state index contributed by atoms with van der Waals surface area (Å²) in [6.07, 6.45) is 2.34. The highest BCUT2D eigenvalue weighted by molar-refractivity contribution is 5.96. The highest BCUT2D eigenvalue weighted by atomic mass is 16.6. The number of nitrogens with zero attached hydrogens (tertiary/aromatic N) is 8. The first-order valence-corrected chi connectivity index (χ1v) is 17.4. The summed E-state index contributed by atoms with van der Waals surface area (Å²) < 4.78 is 7.86. The fraction of sp³-hybridized carbons (Fsp3) is 0.588. The lowest BCUT2D eigenvalue weighted by Crippen LogP contribution is -2.52. The van der Waals surface area contributed by atoms with Crippen LogP contribution in [-0.4, -0.2) is 130 Å². The zero-order valence-corrected chi connectivity index (χ0v) is 28.8. The van der Waals surface area contributed by atoms with E-state index in [9.17, 15) is 19.8 Å². The molecule has 6 N–H and O–H groups in total. The van der Waals surface area contributed by atoms with E-state index in [-0.39, 0.29) is 36.8 Å². The van der Waals surface area contributed by atoms with Crippen LogP contribution in [0.5, 0.6) is 0 Å². The minimum atomic E-state index is -1.23. The van der Waals surface area contributed by atoms with Crippen molar-refractivity contribution >= 4 is 45.5 Å². The highest BCUT2D eigenvalue weighted by Crippen LogP contribution is 2.33. The van der Waals surface area contributed by atoms with E-state index in [2.05, 4.69) is 35.1 Å². The van der Waals surface area contributed by atoms with Crippen molar-refractivity contribution in [1.29, 1.82) is 0 Å². The molecule has 3 saturated heterocycles. The number of aromatic nitrogens is 6. The van der Waals surface area contributed by atoms with Gasteiger partial charge in [0.25, 0.3) is 0 Å². The Morgan fingerprint density at radius 2 is 1.84 bits per heavy atom. The van der Waals surface area contributed by atoms with Crippen LogP contribution in [0.15, 0.2) is 30.9 Å². The molecule has 0 saturated carbocycles. The number of rotatable bonds is 9. The summed E-state index contributed by atoms with van der Waals surface area (Å²) in [7, 11) is 0. The van der Waals surface area contributed by atoms with Gasteiger partial charge in [-0.3, -0.25) is 24.0 Å². The van der Waals surface area contributed by atoms with E-state index in [0.717, 1.165) is 74.4 Å². The lowest BCUT2D eigenvalue weighted by molar-refractivity contribution is -0.133. The number of nitrogens with one attached hydrogen (secondary N) is 2. The third-order valence-corrected chi connectivity index (χ3v) is 10.1. The van der Waals surface area contributed by atoms with E-state index in [4.69, 9.17) is 15.5 Å². The van der Waals surface area contributed by atoms with E-state index >= 15 is 0 Å². The Labute approximate surface area is 290 Å². The molecule has 16 heteroatoms. The zero-order chi connectivity index (χ0) is 35.2. The van der Waals surface area contributed by atoms with Gasteiger partial charge < -0.3 is 35.9 Å². The molecule has 3 fully saturated rings. The number of aliphatic hydroxyl groups is 2. The Morgan fingerprint density at radius 1 is 1.08 bits per heavy atom. The normalized spacial score (nSPS) is 23.8. The maximum atomic E-state index is 13.4. The predicted molar refractivity (Wildman–Crippen MR) is 186 cm³/mol. The van der Waals surface area contributed by atoms with Crippen molar-refractivity contribution in [2.24, 2.45) is 5.41 Å². The SMILES string of the molecule is CC(C)(C)C(=O)Nc1ccc2nc(CN3CCC(N(CC(=O)N4CCCC4)C[C@H]4O[C@@H](n5cnc6c(N)ncnc65)[C@H](O)[C@@H]4O)CC3)[nH]c2c1. The number of hydrogen-bond donors (Lipinski definition) is 5. The van der Waals surface area contributed by atoms with E-state index in [1.807, 2.05) is 43.9 Å². The molecule has 3 aliphatic heterocycles. The number of likely N-dealkylation sites (tertiary alicyclic amines) is 2. The number of H-pyrrole nitrogens is 1. The average molecular weight is 690 g/mol. The van der Waals surface area contributed by atoms with Crippen LogP contribution in [0.3, 0.4) is 0 Å². The fourth-order valence-electron chi connectivity index (χ4n) is 7.17. The van der Waals surface area contributed by atoms with Crippen molar-refractivity contribution < 1.29 is 24.5 Å². The maximum absolute atomic E-state index is 13.4. The number of imidazole rings is 2. The van der Waals surface area contributed by atoms with Crippen molar-refractivity contribution in [2.45, 2.75) is 83.6 Å². The topological polar surface area (TPSA) is 204 Å². The van der Waals surface area contributed by atoms with Gasteiger partial charge in [-0.15, -0.1) is 0 Å². The van der Waals surface area contributed by atoms with E-state index < -0.39 is 30.0 Å². The van der Waals surface area contributed by atoms with Gasteiger partial charge in [0.2, 0.25) is 11.8 Å². The fourth-order valence-corrected chi connectivity index (χ4v) is 7.17. The summed E-state index contributed by atoms with van der Waals surface area (Å²) in [6, 6.07) is 5.77. The van der Waals surface area contributed by atoms with Gasteiger partial charge in [0.1, 0.15) is 36.0 Å². The number of nitrogens with two attached hydrogens (primary N) is 1. The molecule has 6 heterocycles. The monoisotopic (exact) mass is 689 g/mol. The average Bonchev–Trinajstić information content (AvgIpc) is 3.89. The van der Waals surface area contributed by atoms with Crippen molar-refractivity contribution in [2.75, 3.05) is 50.3 Å². The second-order valence-electron chi connectivity index (χ2n) is 14.8. The lowest BCUT2D eigenvalue weighted by Gasteiger charge is -2.39. The number of anilines is 2. The van der Waals surface area contributed by atoms with E-state index in [0.29, 0.717) is 17.7 Å². The molecule has 3 aromatic heterocycles. The second-order valence-corrected chi connectivity index (χ2v) is 14.8. The van der Waals surface area contributed by atoms with Crippen LogP contribution < -0.4 is 11.1 Å². The van der Waals surface area contributed by atoms with Crippen LogP contribution in [0.25, 0.3) is 22.2 Å². The Balaban J connectivity index is 1.01. The Hall–Kier alpha value is -4.22. The Bertz CT molecular complexity index is 1840. The van der Waals surface area contributed by atoms with E-state index in [1.165, 1.54) is 12.7 Å². The van der Waals surface area contributed by atoms with Crippen LogP contribution in [0, 0.1) is 5.41 Å². The molecule has 0 unspecified atom stereocenters. The summed E-state index contributed by atoms with van der Waals surface area (Å²) >= 11 is 0. The number of piperidine rings is 1. The molecule has 16 nitrogen and oxygen atoms in total. The molecule has 4 atom stereocenters. The molecule has 0 bridgehead atoms. The molecule has 1 aromatic carbocycles. The third kappa shape index (κ3) is 7.03. The molecule has 3 aliphatic rings. The number of fused-ring (bicyclic) bond motifs is 2. The first-order valence-electron chi connectivity index (χ1n) is 17.4. The highest BCUT2D eigenvalue weighted by Gasteiger charge is 2.46. The molecule has 2 amide bonds. The van der Waals surface area contributed by atoms with Gasteiger partial charge >= 0.3 is 0 Å². The van der Waals surface area contributed by atoms with Crippen molar-refractivity contribution in [3.63, 3.8) is 0 Å². The largest absolute Gasteiger partial charge is 0.387 e. The summed E-state index contributed by atoms with van der Waals surface area (Å²) in [5, 5.41) is 25.3. The first-order chi connectivity index (χ1) is 23.9. The maximum Gasteiger partial charge on any atom is 0.236 e. The summed E-state index contributed by atoms with van der Waals surface area (Å²) in [6.45, 7) is 9.89. The standard InChI is InChI=1S/C34H47N11O5/c1-34(2,3)33(49)39-20-6-7-22-23(14-20)41-25(40-22)16-42-12-8-21(9-13-42)44(17-26(46)43-10-4-5-11-43)15-24-28(47)29(48)32(50-24)45-19-38-27-30(35)36-18-37-31(27)45/h6-7,14,18-19,21,24,28-29,32,47-48H,4-5,8-13,15-17H2,1-3H3,(H,39,49)(H,40,41)(H2,35,36,37)/t24-,28-,29-,32-/m1/s1. The number of hydrogen-bond acceptors (Lipinski definition) is 12. The number of benzene rings is 1. The molecule has 4 aromatic rings. The lowest BCUT2D eigenvalue weighted by atomic mass is 9.95. The van der Waals surface area contributed by atoms with Gasteiger partial charge in [0.15, 0.2) is 17.7 Å². The van der Waals surface area contributed by atoms with Gasteiger partial charge in [-0.25, -0.2) is 19.9 Å². The molecule has 0 spiro atoms. The zero-order valence-electron chi connectivity index (χ0n) is 28.8. The molecular weight excluding hydrogens is 642 g/mol. The van der Waals surface area contributed by atoms with Crippen molar-refractivity contribution in [1.82, 2.24) is 44.2 Å². The predicted octanol–water partition coefficient (Wildman–Crippen LogP) is 1.48. The van der Waals surface area contributed by atoms with Crippen LogP contribution in [-0.2, 0) is 20.9 Å². The summed E-state index contributed by atoms with van der Waals surface area (Å²) in [5.74, 6) is 1.09. The van der Waals surface area contributed by atoms with Crippen LogP contribution in [0.4, 0.5) is 11.5 Å². The smallest absolute Gasteiger partial charge is 0.236 e. The molecule has 268 valence electrons. The number of carbonyl (C=O) groups is 2. The third-order valence-electron chi connectivity index (χ3n) is 10.1. The van der Waals surface area contributed by atoms with Gasteiger partial charge in [0, 0.05) is 49.9 Å². The number of amides is 2. The van der Waals surface area contributed by atoms with Crippen LogP contribution >= 0.6 is 0 Å². The van der Waals surface area contributed by atoms with Gasteiger partial charge in [-0.1, -0.05) is 20.8 Å². The van der Waals surface area contributed by atoms with Crippen molar-refractivity contribution in [3.05, 3.63) is 36.7 Å². The molecule has 0 aliphatic carbocycles. The number of aliphatic hydroxyl groups excluding tert-OH is 2. The van der Waals surface area contributed by atoms with Gasteiger partial charge in [0.05, 0.1) is 30.5 Å². The van der Waals surface area contributed by atoms with Crippen molar-refractivity contribution in [3.8, 4) is 0 Å². The number of nitrogen functional groups attached to an aromatic ring is 1.